The summed E-state index contributed by atoms with van der Waals surface area (Å²) < 4.78 is 35.5. The van der Waals surface area contributed by atoms with E-state index in [1.165, 1.54) is 45.0 Å². The maximum absolute atomic E-state index is 6.65. The van der Waals surface area contributed by atoms with Gasteiger partial charge in [0.15, 0.2) is 75.8 Å². The monoisotopic (exact) mass is 1200 g/mol. The molecule has 12 heteroatoms. The number of ether oxygens (including phenoxy) is 4. The summed E-state index contributed by atoms with van der Waals surface area (Å²) in [5.41, 5.74) is 13.6. The summed E-state index contributed by atoms with van der Waals surface area (Å²) in [6.45, 7) is 7.55. The summed E-state index contributed by atoms with van der Waals surface area (Å²) >= 11 is 0. The third-order valence-corrected chi connectivity index (χ3v) is 15.6. The van der Waals surface area contributed by atoms with Gasteiger partial charge in [0.2, 0.25) is 0 Å². The van der Waals surface area contributed by atoms with E-state index in [2.05, 4.69) is 338 Å². The van der Waals surface area contributed by atoms with Crippen LogP contribution in [0.3, 0.4) is 0 Å². The summed E-state index contributed by atoms with van der Waals surface area (Å²) in [6.07, 6.45) is 37.9. The predicted molar refractivity (Wildman–Crippen MR) is 370 cm³/mol. The molecule has 464 valence electrons. The van der Waals surface area contributed by atoms with Crippen molar-refractivity contribution in [3.05, 3.63) is 240 Å². The van der Waals surface area contributed by atoms with Gasteiger partial charge in [0, 0.05) is 153 Å². The number of hydrogen-bond donors (Lipinski definition) is 0. The zero-order valence-corrected chi connectivity index (χ0v) is 54.1. The second-order valence-corrected chi connectivity index (χ2v) is 23.9. The average molecular weight is 1200 g/mol. The molecule has 89 heavy (non-hydrogen) atoms. The fraction of sp³-hybridized carbons (Fsp3) is 0.325. The molecule has 4 aromatic carbocycles. The molecule has 4 heterocycles. The molecule has 0 saturated carbocycles. The van der Waals surface area contributed by atoms with Gasteiger partial charge in [-0.25, -0.2) is 18.3 Å². The minimum absolute atomic E-state index is 0.452. The Kier molecular flexibility index (Phi) is 26.5. The van der Waals surface area contributed by atoms with Gasteiger partial charge < -0.3 is 38.5 Å². The van der Waals surface area contributed by atoms with E-state index < -0.39 is 5.41 Å². The Labute approximate surface area is 531 Å². The molecular weight excluding hydrogens is 1100 g/mol. The standard InChI is InChI=1S/C77H96N8O4/c1-78(2)73-29-21-65(22-30-73)13-17-69-37-49-82(50-38-69)45-9-57-86-61-77(62-87-58-10-46-83-51-39-70(40-52-83)18-14-66-23-31-74(32-24-66)79(3)4,63-88-59-11-47-84-53-41-71(42-54-84)19-15-67-25-33-75(34-26-67)80(5)6)64-89-60-12-48-85-55-43-72(44-56-85)20-16-68-27-35-76(36-28-68)81(7)8/h13-44,49-56H,9-12,45-48,57-64H2,1-8H3/q+4. The van der Waals surface area contributed by atoms with Crippen LogP contribution < -0.4 is 37.9 Å². The first-order chi connectivity index (χ1) is 43.3. The van der Waals surface area contributed by atoms with Crippen LogP contribution >= 0.6 is 0 Å². The number of hydrogen-bond acceptors (Lipinski definition) is 8. The van der Waals surface area contributed by atoms with Gasteiger partial charge >= 0.3 is 0 Å². The second-order valence-electron chi connectivity index (χ2n) is 23.9. The van der Waals surface area contributed by atoms with Gasteiger partial charge in [-0.3, -0.25) is 0 Å². The predicted octanol–water partition coefficient (Wildman–Crippen LogP) is 12.5. The van der Waals surface area contributed by atoms with Gasteiger partial charge in [-0.1, -0.05) is 97.1 Å². The number of pyridine rings is 4. The van der Waals surface area contributed by atoms with Crippen LogP contribution in [0.1, 0.15) is 70.2 Å². The summed E-state index contributed by atoms with van der Waals surface area (Å²) in [7, 11) is 16.5. The van der Waals surface area contributed by atoms with E-state index >= 15 is 0 Å². The molecular formula is C77H96N8O4+4. The maximum Gasteiger partial charge on any atom is 0.169 e. The Balaban J connectivity index is 0.884. The molecule has 4 aromatic heterocycles. The van der Waals surface area contributed by atoms with E-state index in [-0.39, 0.29) is 0 Å². The van der Waals surface area contributed by atoms with E-state index in [9.17, 15) is 0 Å². The van der Waals surface area contributed by atoms with Crippen LogP contribution in [0, 0.1) is 5.41 Å². The van der Waals surface area contributed by atoms with Crippen molar-refractivity contribution in [1.82, 2.24) is 0 Å². The Morgan fingerprint density at radius 3 is 0.596 bits per heavy atom. The zero-order chi connectivity index (χ0) is 62.5. The van der Waals surface area contributed by atoms with Crippen molar-refractivity contribution in [1.29, 1.82) is 0 Å². The van der Waals surface area contributed by atoms with Crippen molar-refractivity contribution in [3.8, 4) is 0 Å². The second kappa shape index (κ2) is 35.5. The Bertz CT molecular complexity index is 2950. The van der Waals surface area contributed by atoms with Crippen LogP contribution in [0.5, 0.6) is 0 Å². The smallest absolute Gasteiger partial charge is 0.169 e. The summed E-state index contributed by atoms with van der Waals surface area (Å²) in [5.74, 6) is 0. The highest BCUT2D eigenvalue weighted by atomic mass is 16.5. The first kappa shape index (κ1) is 66.4. The van der Waals surface area contributed by atoms with E-state index in [1.54, 1.807) is 0 Å². The molecule has 0 aliphatic carbocycles. The van der Waals surface area contributed by atoms with Crippen LogP contribution in [0.15, 0.2) is 195 Å². The molecule has 0 saturated heterocycles. The quantitative estimate of drug-likeness (QED) is 0.0284. The van der Waals surface area contributed by atoms with Crippen LogP contribution in [0.25, 0.3) is 48.6 Å². The third-order valence-electron chi connectivity index (χ3n) is 15.6. The Morgan fingerprint density at radius 2 is 0.427 bits per heavy atom. The average Bonchev–Trinajstić information content (AvgIpc) is 3.68. The summed E-state index contributed by atoms with van der Waals surface area (Å²) in [4.78, 5) is 8.46. The largest absolute Gasteiger partial charge is 0.380 e. The first-order valence-electron chi connectivity index (χ1n) is 31.4. The van der Waals surface area contributed by atoms with E-state index in [0.29, 0.717) is 52.9 Å². The van der Waals surface area contributed by atoms with Crippen LogP contribution in [-0.2, 0) is 45.1 Å². The SMILES string of the molecule is CN(C)c1ccc(/C=C/c2cc[n+](CCCOCC(COCCC[n+]3ccc(/C=C/c4ccc(N(C)C)cc4)cc3)(COCCC[n+]3ccc(/C=C/c4ccc(N(C)C)cc4)cc3)COCCC[n+]3ccc(/C=C/c4ccc(N(C)C)cc4)cc3)cc2)cc1. The van der Waals surface area contributed by atoms with Crippen LogP contribution in [-0.4, -0.2) is 109 Å². The van der Waals surface area contributed by atoms with Gasteiger partial charge in [-0.2, -0.15) is 0 Å². The molecule has 0 spiro atoms. The minimum atomic E-state index is -0.524. The van der Waals surface area contributed by atoms with E-state index in [0.717, 1.165) is 74.1 Å². The summed E-state index contributed by atoms with van der Waals surface area (Å²) in [6, 6.07) is 51.7. The lowest BCUT2D eigenvalue weighted by Crippen LogP contribution is -2.43. The molecule has 0 aliphatic heterocycles. The highest BCUT2D eigenvalue weighted by Gasteiger charge is 2.33. The Morgan fingerprint density at radius 1 is 0.258 bits per heavy atom. The first-order valence-corrected chi connectivity index (χ1v) is 31.4. The van der Waals surface area contributed by atoms with Crippen molar-refractivity contribution in [3.63, 3.8) is 0 Å². The van der Waals surface area contributed by atoms with Crippen molar-refractivity contribution in [2.45, 2.75) is 51.9 Å². The molecule has 0 atom stereocenters. The molecule has 8 aromatic rings. The van der Waals surface area contributed by atoms with Crippen molar-refractivity contribution in [2.24, 2.45) is 5.41 Å². The van der Waals surface area contributed by atoms with Crippen LogP contribution in [0.2, 0.25) is 0 Å². The molecule has 0 unspecified atom stereocenters. The van der Waals surface area contributed by atoms with Gasteiger partial charge in [0.05, 0.1) is 58.3 Å². The highest BCUT2D eigenvalue weighted by molar-refractivity contribution is 5.73. The lowest BCUT2D eigenvalue weighted by atomic mass is 9.92. The molecule has 0 radical (unpaired) electrons. The highest BCUT2D eigenvalue weighted by Crippen LogP contribution is 2.23. The minimum Gasteiger partial charge on any atom is -0.380 e. The van der Waals surface area contributed by atoms with Gasteiger partial charge in [-0.05, 0) is 93.0 Å². The molecule has 0 bridgehead atoms. The normalized spacial score (nSPS) is 11.9. The molecule has 0 fully saturated rings. The molecule has 0 amide bonds. The van der Waals surface area contributed by atoms with Gasteiger partial charge in [-0.15, -0.1) is 0 Å². The van der Waals surface area contributed by atoms with Crippen LogP contribution in [0.4, 0.5) is 22.7 Å². The van der Waals surface area contributed by atoms with Gasteiger partial charge in [0.1, 0.15) is 0 Å². The summed E-state index contributed by atoms with van der Waals surface area (Å²) in [5, 5.41) is 0. The fourth-order valence-corrected chi connectivity index (χ4v) is 10.0. The molecule has 8 rings (SSSR count). The number of anilines is 4. The number of rotatable bonds is 36. The van der Waals surface area contributed by atoms with E-state index in [1.807, 2.05) is 0 Å². The van der Waals surface area contributed by atoms with Crippen molar-refractivity contribution >= 4 is 71.4 Å². The topological polar surface area (TPSA) is 65.4 Å². The number of aromatic nitrogens is 4. The number of benzene rings is 4. The third kappa shape index (κ3) is 23.2. The fourth-order valence-electron chi connectivity index (χ4n) is 10.0. The Hall–Kier alpha value is -8.52. The molecule has 12 nitrogen and oxygen atoms in total. The maximum atomic E-state index is 6.65. The zero-order valence-electron chi connectivity index (χ0n) is 54.1. The molecule has 0 N–H and O–H groups in total. The van der Waals surface area contributed by atoms with Crippen molar-refractivity contribution < 1.29 is 37.2 Å². The number of nitrogens with zero attached hydrogens (tertiary/aromatic N) is 8. The van der Waals surface area contributed by atoms with Crippen molar-refractivity contribution in [2.75, 3.05) is 129 Å². The van der Waals surface area contributed by atoms with E-state index in [4.69, 9.17) is 18.9 Å². The lowest BCUT2D eigenvalue weighted by Gasteiger charge is -2.33. The van der Waals surface area contributed by atoms with Gasteiger partial charge in [0.25, 0.3) is 0 Å². The molecule has 0 aliphatic rings. The lowest BCUT2D eigenvalue weighted by molar-refractivity contribution is -0.697. The number of aryl methyl sites for hydroxylation is 4.